The Morgan fingerprint density at radius 3 is 2.80 bits per heavy atom. The molecule has 1 radical (unpaired) electrons. The van der Waals surface area contributed by atoms with Gasteiger partial charge in [0.05, 0.1) is 5.69 Å². The van der Waals surface area contributed by atoms with Gasteiger partial charge in [-0.25, -0.2) is 0 Å². The highest BCUT2D eigenvalue weighted by Gasteiger charge is 1.97. The SMILES string of the molecule is [CH2]CCc1cc(C)n(C)n1. The molecule has 10 heavy (non-hydrogen) atoms. The Labute approximate surface area is 61.9 Å². The minimum absolute atomic E-state index is 0.927. The lowest BCUT2D eigenvalue weighted by Gasteiger charge is -1.89. The van der Waals surface area contributed by atoms with Crippen LogP contribution in [0.25, 0.3) is 0 Å². The zero-order valence-corrected chi connectivity index (χ0v) is 6.59. The molecule has 0 unspecified atom stereocenters. The van der Waals surface area contributed by atoms with Gasteiger partial charge in [0.1, 0.15) is 0 Å². The van der Waals surface area contributed by atoms with Crippen molar-refractivity contribution in [2.45, 2.75) is 19.8 Å². The van der Waals surface area contributed by atoms with Crippen LogP contribution in [0.15, 0.2) is 6.07 Å². The van der Waals surface area contributed by atoms with E-state index in [1.54, 1.807) is 0 Å². The van der Waals surface area contributed by atoms with Gasteiger partial charge in [-0.1, -0.05) is 6.92 Å². The predicted octanol–water partition coefficient (Wildman–Crippen LogP) is 1.50. The molecule has 0 aliphatic rings. The fraction of sp³-hybridized carbons (Fsp3) is 0.500. The van der Waals surface area contributed by atoms with Crippen LogP contribution in [0.1, 0.15) is 17.8 Å². The normalized spacial score (nSPS) is 10.3. The van der Waals surface area contributed by atoms with Crippen LogP contribution in [-0.4, -0.2) is 9.78 Å². The van der Waals surface area contributed by atoms with Gasteiger partial charge in [0.25, 0.3) is 0 Å². The van der Waals surface area contributed by atoms with Gasteiger partial charge in [0.2, 0.25) is 0 Å². The van der Waals surface area contributed by atoms with Crippen molar-refractivity contribution in [3.63, 3.8) is 0 Å². The Kier molecular flexibility index (Phi) is 2.10. The molecule has 0 aromatic carbocycles. The van der Waals surface area contributed by atoms with E-state index in [1.165, 1.54) is 5.69 Å². The van der Waals surface area contributed by atoms with Crippen LogP contribution in [-0.2, 0) is 13.5 Å². The molecule has 0 spiro atoms. The van der Waals surface area contributed by atoms with Gasteiger partial charge in [-0.05, 0) is 25.8 Å². The van der Waals surface area contributed by atoms with Crippen molar-refractivity contribution >= 4 is 0 Å². The molecule has 0 saturated heterocycles. The van der Waals surface area contributed by atoms with E-state index in [9.17, 15) is 0 Å². The average Bonchev–Trinajstić information content (AvgIpc) is 2.14. The lowest BCUT2D eigenvalue weighted by Crippen LogP contribution is -1.93. The Balaban J connectivity index is 2.77. The largest absolute Gasteiger partial charge is 0.273 e. The first kappa shape index (κ1) is 7.32. The quantitative estimate of drug-likeness (QED) is 0.604. The second kappa shape index (κ2) is 2.86. The molecule has 55 valence electrons. The summed E-state index contributed by atoms with van der Waals surface area (Å²) < 4.78 is 1.89. The van der Waals surface area contributed by atoms with E-state index in [0.29, 0.717) is 0 Å². The summed E-state index contributed by atoms with van der Waals surface area (Å²) in [6.07, 6.45) is 1.91. The second-order valence-corrected chi connectivity index (χ2v) is 2.50. The maximum Gasteiger partial charge on any atom is 0.0627 e. The summed E-state index contributed by atoms with van der Waals surface area (Å²) in [5.41, 5.74) is 2.36. The van der Waals surface area contributed by atoms with Crippen molar-refractivity contribution < 1.29 is 0 Å². The van der Waals surface area contributed by atoms with Gasteiger partial charge in [-0.15, -0.1) is 0 Å². The van der Waals surface area contributed by atoms with E-state index in [4.69, 9.17) is 0 Å². The summed E-state index contributed by atoms with van der Waals surface area (Å²) in [7, 11) is 1.96. The highest BCUT2D eigenvalue weighted by Crippen LogP contribution is 2.02. The molecular weight excluding hydrogens is 124 g/mol. The number of nitrogens with zero attached hydrogens (tertiary/aromatic N) is 2. The minimum Gasteiger partial charge on any atom is -0.273 e. The first-order valence-electron chi connectivity index (χ1n) is 3.53. The lowest BCUT2D eigenvalue weighted by atomic mass is 10.2. The second-order valence-electron chi connectivity index (χ2n) is 2.50. The van der Waals surface area contributed by atoms with Crippen LogP contribution >= 0.6 is 0 Å². The fourth-order valence-corrected chi connectivity index (χ4v) is 0.938. The van der Waals surface area contributed by atoms with Gasteiger partial charge >= 0.3 is 0 Å². The highest BCUT2D eigenvalue weighted by atomic mass is 15.3. The molecule has 1 heterocycles. The molecule has 1 aromatic heterocycles. The van der Waals surface area contributed by atoms with Crippen molar-refractivity contribution in [3.8, 4) is 0 Å². The van der Waals surface area contributed by atoms with E-state index in [1.807, 2.05) is 11.7 Å². The summed E-state index contributed by atoms with van der Waals surface area (Å²) >= 11 is 0. The van der Waals surface area contributed by atoms with Crippen LogP contribution in [0.5, 0.6) is 0 Å². The van der Waals surface area contributed by atoms with E-state index in [-0.39, 0.29) is 0 Å². The Morgan fingerprint density at radius 2 is 2.40 bits per heavy atom. The molecule has 1 aromatic rings. The monoisotopic (exact) mass is 137 g/mol. The van der Waals surface area contributed by atoms with Crippen LogP contribution in [0, 0.1) is 13.8 Å². The van der Waals surface area contributed by atoms with E-state index < -0.39 is 0 Å². The summed E-state index contributed by atoms with van der Waals surface area (Å²) in [6, 6.07) is 2.10. The highest BCUT2D eigenvalue weighted by molar-refractivity contribution is 5.08. The molecule has 2 heteroatoms. The summed E-state index contributed by atoms with van der Waals surface area (Å²) in [6.45, 7) is 5.83. The van der Waals surface area contributed by atoms with Crippen LogP contribution in [0.4, 0.5) is 0 Å². The van der Waals surface area contributed by atoms with E-state index in [0.717, 1.165) is 18.5 Å². The van der Waals surface area contributed by atoms with Crippen LogP contribution in [0.3, 0.4) is 0 Å². The van der Waals surface area contributed by atoms with E-state index >= 15 is 0 Å². The fourth-order valence-electron chi connectivity index (χ4n) is 0.938. The zero-order valence-electron chi connectivity index (χ0n) is 6.59. The van der Waals surface area contributed by atoms with E-state index in [2.05, 4.69) is 25.0 Å². The summed E-state index contributed by atoms with van der Waals surface area (Å²) in [5, 5.41) is 4.28. The number of hydrogen-bond acceptors (Lipinski definition) is 1. The van der Waals surface area contributed by atoms with Gasteiger partial charge in [0.15, 0.2) is 0 Å². The Bertz CT molecular complexity index is 194. The lowest BCUT2D eigenvalue weighted by molar-refractivity contribution is 0.718. The van der Waals surface area contributed by atoms with Gasteiger partial charge in [-0.3, -0.25) is 4.68 Å². The third-order valence-corrected chi connectivity index (χ3v) is 1.60. The smallest absolute Gasteiger partial charge is 0.0627 e. The molecule has 0 fully saturated rings. The average molecular weight is 137 g/mol. The molecule has 2 nitrogen and oxygen atoms in total. The molecule has 1 rings (SSSR count). The van der Waals surface area contributed by atoms with Gasteiger partial charge in [-0.2, -0.15) is 5.10 Å². The van der Waals surface area contributed by atoms with Crippen molar-refractivity contribution in [2.75, 3.05) is 0 Å². The Morgan fingerprint density at radius 1 is 1.70 bits per heavy atom. The summed E-state index contributed by atoms with van der Waals surface area (Å²) in [5.74, 6) is 0. The number of hydrogen-bond donors (Lipinski definition) is 0. The molecule has 0 atom stereocenters. The third kappa shape index (κ3) is 1.38. The first-order chi connectivity index (χ1) is 4.74. The minimum atomic E-state index is 0.927. The standard InChI is InChI=1S/C8H13N2/c1-4-5-8-6-7(2)10(3)9-8/h6H,1,4-5H2,2-3H3. The third-order valence-electron chi connectivity index (χ3n) is 1.60. The topological polar surface area (TPSA) is 17.8 Å². The maximum atomic E-state index is 4.28. The predicted molar refractivity (Wildman–Crippen MR) is 41.6 cm³/mol. The zero-order chi connectivity index (χ0) is 7.56. The molecular formula is C8H13N2. The van der Waals surface area contributed by atoms with Crippen molar-refractivity contribution in [2.24, 2.45) is 7.05 Å². The number of rotatable bonds is 2. The van der Waals surface area contributed by atoms with Crippen LogP contribution < -0.4 is 0 Å². The first-order valence-corrected chi connectivity index (χ1v) is 3.53. The molecule has 0 amide bonds. The maximum absolute atomic E-state index is 4.28. The molecule has 0 saturated carbocycles. The van der Waals surface area contributed by atoms with Gasteiger partial charge < -0.3 is 0 Å². The van der Waals surface area contributed by atoms with Crippen LogP contribution in [0.2, 0.25) is 0 Å². The van der Waals surface area contributed by atoms with Crippen molar-refractivity contribution in [3.05, 3.63) is 24.4 Å². The molecule has 0 bridgehead atoms. The molecule has 0 N–H and O–H groups in total. The van der Waals surface area contributed by atoms with Crippen molar-refractivity contribution in [1.29, 1.82) is 0 Å². The number of aromatic nitrogens is 2. The number of aryl methyl sites for hydroxylation is 3. The van der Waals surface area contributed by atoms with Crippen molar-refractivity contribution in [1.82, 2.24) is 9.78 Å². The molecule has 0 aliphatic heterocycles. The summed E-state index contributed by atoms with van der Waals surface area (Å²) in [4.78, 5) is 0. The Hall–Kier alpha value is -0.790. The van der Waals surface area contributed by atoms with Gasteiger partial charge in [0, 0.05) is 12.7 Å². The molecule has 0 aliphatic carbocycles.